The first-order valence-electron chi connectivity index (χ1n) is 7.86. The van der Waals surface area contributed by atoms with Crippen molar-refractivity contribution in [1.82, 2.24) is 4.90 Å². The predicted octanol–water partition coefficient (Wildman–Crippen LogP) is 4.11. The standard InChI is InChI=1S/C18H27NO/c1-14(2)17-10-9-15(3)11-18(17)19(13-20)12-16-7-5-4-6-8-16/h4-8,13-15,17-18H,9-12H2,1-3H3. The summed E-state index contributed by atoms with van der Waals surface area (Å²) in [7, 11) is 0. The highest BCUT2D eigenvalue weighted by Crippen LogP contribution is 2.36. The first kappa shape index (κ1) is 15.1. The van der Waals surface area contributed by atoms with Crippen molar-refractivity contribution < 1.29 is 4.79 Å². The van der Waals surface area contributed by atoms with Gasteiger partial charge in [0.1, 0.15) is 0 Å². The second-order valence-corrected chi connectivity index (χ2v) is 6.66. The quantitative estimate of drug-likeness (QED) is 0.739. The van der Waals surface area contributed by atoms with E-state index >= 15 is 0 Å². The van der Waals surface area contributed by atoms with Gasteiger partial charge in [0.2, 0.25) is 6.41 Å². The molecule has 0 bridgehead atoms. The molecule has 1 aromatic carbocycles. The Balaban J connectivity index is 2.12. The van der Waals surface area contributed by atoms with Crippen LogP contribution in [0.3, 0.4) is 0 Å². The number of carbonyl (C=O) groups excluding carboxylic acids is 1. The van der Waals surface area contributed by atoms with Crippen LogP contribution in [0, 0.1) is 17.8 Å². The van der Waals surface area contributed by atoms with Crippen LogP contribution < -0.4 is 0 Å². The van der Waals surface area contributed by atoms with Crippen molar-refractivity contribution in [2.24, 2.45) is 17.8 Å². The van der Waals surface area contributed by atoms with Crippen molar-refractivity contribution in [2.45, 2.75) is 52.6 Å². The lowest BCUT2D eigenvalue weighted by Crippen LogP contribution is -2.44. The summed E-state index contributed by atoms with van der Waals surface area (Å²) < 4.78 is 0. The summed E-state index contributed by atoms with van der Waals surface area (Å²) in [4.78, 5) is 13.6. The number of carbonyl (C=O) groups is 1. The van der Waals surface area contributed by atoms with Gasteiger partial charge in [-0.05, 0) is 36.2 Å². The maximum absolute atomic E-state index is 11.6. The number of benzene rings is 1. The van der Waals surface area contributed by atoms with Crippen LogP contribution in [0.1, 0.15) is 45.6 Å². The largest absolute Gasteiger partial charge is 0.338 e. The molecule has 1 aromatic rings. The van der Waals surface area contributed by atoms with E-state index in [1.54, 1.807) is 0 Å². The highest BCUT2D eigenvalue weighted by Gasteiger charge is 2.34. The molecule has 0 aliphatic heterocycles. The molecule has 1 fully saturated rings. The molecule has 2 nitrogen and oxygen atoms in total. The molecule has 110 valence electrons. The summed E-state index contributed by atoms with van der Waals surface area (Å²) in [6.07, 6.45) is 4.76. The number of hydrogen-bond donors (Lipinski definition) is 0. The third kappa shape index (κ3) is 3.62. The van der Waals surface area contributed by atoms with Gasteiger partial charge in [0.15, 0.2) is 0 Å². The normalized spacial score (nSPS) is 26.5. The number of amides is 1. The molecule has 0 heterocycles. The van der Waals surface area contributed by atoms with E-state index in [1.165, 1.54) is 18.4 Å². The highest BCUT2D eigenvalue weighted by atomic mass is 16.1. The molecule has 0 aromatic heterocycles. The van der Waals surface area contributed by atoms with Gasteiger partial charge in [-0.15, -0.1) is 0 Å². The van der Waals surface area contributed by atoms with Crippen LogP contribution in [0.5, 0.6) is 0 Å². The minimum Gasteiger partial charge on any atom is -0.338 e. The Morgan fingerprint density at radius 1 is 1.25 bits per heavy atom. The molecule has 0 spiro atoms. The zero-order valence-electron chi connectivity index (χ0n) is 13.0. The van der Waals surface area contributed by atoms with E-state index in [-0.39, 0.29) is 0 Å². The molecule has 2 heteroatoms. The summed E-state index contributed by atoms with van der Waals surface area (Å²) in [5, 5.41) is 0. The van der Waals surface area contributed by atoms with Crippen molar-refractivity contribution in [3.8, 4) is 0 Å². The lowest BCUT2D eigenvalue weighted by molar-refractivity contribution is -0.123. The maximum Gasteiger partial charge on any atom is 0.210 e. The Bertz CT molecular complexity index is 415. The van der Waals surface area contributed by atoms with Crippen LogP contribution in [0.15, 0.2) is 30.3 Å². The Morgan fingerprint density at radius 3 is 2.55 bits per heavy atom. The van der Waals surface area contributed by atoms with E-state index in [0.29, 0.717) is 17.9 Å². The molecule has 2 rings (SSSR count). The zero-order chi connectivity index (χ0) is 14.5. The first-order chi connectivity index (χ1) is 9.61. The summed E-state index contributed by atoms with van der Waals surface area (Å²) in [6, 6.07) is 10.7. The van der Waals surface area contributed by atoms with Crippen molar-refractivity contribution in [1.29, 1.82) is 0 Å². The van der Waals surface area contributed by atoms with E-state index < -0.39 is 0 Å². The van der Waals surface area contributed by atoms with Gasteiger partial charge in [-0.25, -0.2) is 0 Å². The lowest BCUT2D eigenvalue weighted by atomic mass is 9.73. The summed E-state index contributed by atoms with van der Waals surface area (Å²) >= 11 is 0. The molecular formula is C18H27NO. The van der Waals surface area contributed by atoms with Crippen LogP contribution in [0.4, 0.5) is 0 Å². The molecule has 1 amide bonds. The van der Waals surface area contributed by atoms with Crippen LogP contribution in [-0.2, 0) is 11.3 Å². The zero-order valence-corrected chi connectivity index (χ0v) is 13.0. The fraction of sp³-hybridized carbons (Fsp3) is 0.611. The van der Waals surface area contributed by atoms with E-state index in [4.69, 9.17) is 0 Å². The van der Waals surface area contributed by atoms with E-state index in [2.05, 4.69) is 32.9 Å². The van der Waals surface area contributed by atoms with E-state index in [9.17, 15) is 4.79 Å². The minimum absolute atomic E-state index is 0.399. The summed E-state index contributed by atoms with van der Waals surface area (Å²) in [5.74, 6) is 2.01. The smallest absolute Gasteiger partial charge is 0.210 e. The maximum atomic E-state index is 11.6. The predicted molar refractivity (Wildman–Crippen MR) is 83.2 cm³/mol. The van der Waals surface area contributed by atoms with Crippen molar-refractivity contribution in [3.05, 3.63) is 35.9 Å². The Labute approximate surface area is 123 Å². The average Bonchev–Trinajstić information content (AvgIpc) is 2.45. The molecule has 0 saturated heterocycles. The lowest BCUT2D eigenvalue weighted by Gasteiger charge is -2.42. The number of rotatable bonds is 5. The fourth-order valence-corrected chi connectivity index (χ4v) is 3.56. The third-order valence-electron chi connectivity index (χ3n) is 4.76. The highest BCUT2D eigenvalue weighted by molar-refractivity contribution is 5.48. The molecule has 3 unspecified atom stereocenters. The van der Waals surface area contributed by atoms with Crippen LogP contribution in [-0.4, -0.2) is 17.4 Å². The van der Waals surface area contributed by atoms with Crippen molar-refractivity contribution in [3.63, 3.8) is 0 Å². The topological polar surface area (TPSA) is 20.3 Å². The van der Waals surface area contributed by atoms with Gasteiger partial charge in [0.25, 0.3) is 0 Å². The van der Waals surface area contributed by atoms with E-state index in [0.717, 1.165) is 25.3 Å². The van der Waals surface area contributed by atoms with Crippen molar-refractivity contribution in [2.75, 3.05) is 0 Å². The Kier molecular flexibility index (Phi) is 5.22. The van der Waals surface area contributed by atoms with Gasteiger partial charge in [0, 0.05) is 12.6 Å². The molecular weight excluding hydrogens is 246 g/mol. The first-order valence-corrected chi connectivity index (χ1v) is 7.86. The second kappa shape index (κ2) is 6.92. The van der Waals surface area contributed by atoms with Gasteiger partial charge in [-0.2, -0.15) is 0 Å². The van der Waals surface area contributed by atoms with Crippen LogP contribution >= 0.6 is 0 Å². The SMILES string of the molecule is CC1CCC(C(C)C)C(N(C=O)Cc2ccccc2)C1. The Morgan fingerprint density at radius 2 is 1.95 bits per heavy atom. The van der Waals surface area contributed by atoms with Gasteiger partial charge < -0.3 is 4.90 Å². The van der Waals surface area contributed by atoms with Crippen LogP contribution in [0.25, 0.3) is 0 Å². The molecule has 1 saturated carbocycles. The van der Waals surface area contributed by atoms with Crippen molar-refractivity contribution >= 4 is 6.41 Å². The number of hydrogen-bond acceptors (Lipinski definition) is 1. The molecule has 0 radical (unpaired) electrons. The van der Waals surface area contributed by atoms with E-state index in [1.807, 2.05) is 23.1 Å². The average molecular weight is 273 g/mol. The van der Waals surface area contributed by atoms with Crippen LogP contribution in [0.2, 0.25) is 0 Å². The molecule has 20 heavy (non-hydrogen) atoms. The summed E-state index contributed by atoms with van der Waals surface area (Å²) in [5.41, 5.74) is 1.22. The molecule has 3 atom stereocenters. The minimum atomic E-state index is 0.399. The van der Waals surface area contributed by atoms with Gasteiger partial charge in [-0.1, -0.05) is 57.5 Å². The Hall–Kier alpha value is -1.31. The molecule has 0 N–H and O–H groups in total. The number of nitrogens with zero attached hydrogens (tertiary/aromatic N) is 1. The molecule has 1 aliphatic carbocycles. The third-order valence-corrected chi connectivity index (χ3v) is 4.76. The molecule has 1 aliphatic rings. The monoisotopic (exact) mass is 273 g/mol. The second-order valence-electron chi connectivity index (χ2n) is 6.66. The fourth-order valence-electron chi connectivity index (χ4n) is 3.56. The van der Waals surface area contributed by atoms with Gasteiger partial charge in [0.05, 0.1) is 0 Å². The van der Waals surface area contributed by atoms with Gasteiger partial charge in [-0.3, -0.25) is 4.79 Å². The van der Waals surface area contributed by atoms with Gasteiger partial charge >= 0.3 is 0 Å². The summed E-state index contributed by atoms with van der Waals surface area (Å²) in [6.45, 7) is 7.64.